The van der Waals surface area contributed by atoms with Crippen LogP contribution in [0.1, 0.15) is 26.4 Å². The normalized spacial score (nSPS) is 10.5. The van der Waals surface area contributed by atoms with Gasteiger partial charge in [0.15, 0.2) is 0 Å². The van der Waals surface area contributed by atoms with E-state index in [0.29, 0.717) is 18.0 Å². The van der Waals surface area contributed by atoms with Crippen LogP contribution in [0.5, 0.6) is 5.75 Å². The quantitative estimate of drug-likeness (QED) is 0.696. The predicted octanol–water partition coefficient (Wildman–Crippen LogP) is 4.70. The number of ether oxygens (including phenoxy) is 1. The van der Waals surface area contributed by atoms with Crippen LogP contribution in [0, 0.1) is 12.7 Å². The molecule has 0 aliphatic rings. The van der Waals surface area contributed by atoms with Crippen molar-refractivity contribution >= 4 is 17.2 Å². The number of amides is 1. The number of carbonyl (C=O) groups is 1. The highest BCUT2D eigenvalue weighted by atomic mass is 32.1. The molecule has 1 aromatic heterocycles. The van der Waals surface area contributed by atoms with Gasteiger partial charge in [-0.2, -0.15) is 0 Å². The van der Waals surface area contributed by atoms with Gasteiger partial charge in [0.05, 0.1) is 4.88 Å². The van der Waals surface area contributed by atoms with Crippen LogP contribution in [0.3, 0.4) is 0 Å². The van der Waals surface area contributed by atoms with E-state index in [4.69, 9.17) is 4.74 Å². The molecule has 0 atom stereocenters. The van der Waals surface area contributed by atoms with E-state index in [1.165, 1.54) is 29.0 Å². The van der Waals surface area contributed by atoms with Gasteiger partial charge in [0.1, 0.15) is 18.2 Å². The van der Waals surface area contributed by atoms with Crippen molar-refractivity contribution in [3.8, 4) is 5.75 Å². The molecule has 0 radical (unpaired) electrons. The van der Waals surface area contributed by atoms with E-state index >= 15 is 0 Å². The summed E-state index contributed by atoms with van der Waals surface area (Å²) in [6, 6.07) is 15.8. The number of nitrogens with one attached hydrogen (secondary N) is 1. The van der Waals surface area contributed by atoms with Crippen LogP contribution in [0.25, 0.3) is 0 Å². The summed E-state index contributed by atoms with van der Waals surface area (Å²) in [7, 11) is 0. The molecule has 3 aromatic rings. The molecule has 3 nitrogen and oxygen atoms in total. The Balaban J connectivity index is 1.52. The number of hydrogen-bond donors (Lipinski definition) is 1. The highest BCUT2D eigenvalue weighted by Crippen LogP contribution is 2.18. The summed E-state index contributed by atoms with van der Waals surface area (Å²) in [6.07, 6.45) is 0. The van der Waals surface area contributed by atoms with Gasteiger partial charge < -0.3 is 10.1 Å². The van der Waals surface area contributed by atoms with E-state index in [1.807, 2.05) is 42.6 Å². The highest BCUT2D eigenvalue weighted by molar-refractivity contribution is 7.12. The third kappa shape index (κ3) is 4.90. The summed E-state index contributed by atoms with van der Waals surface area (Å²) in [5.41, 5.74) is 3.00. The molecule has 1 amide bonds. The molecule has 0 saturated heterocycles. The molecular weight excluding hydrogens is 337 g/mol. The third-order valence-corrected chi connectivity index (χ3v) is 4.65. The Morgan fingerprint density at radius 1 is 1.08 bits per heavy atom. The Kier molecular flexibility index (Phi) is 5.46. The molecule has 0 aliphatic carbocycles. The summed E-state index contributed by atoms with van der Waals surface area (Å²) in [6.45, 7) is 2.82. The summed E-state index contributed by atoms with van der Waals surface area (Å²) >= 11 is 1.38. The van der Waals surface area contributed by atoms with Gasteiger partial charge in [-0.3, -0.25) is 4.79 Å². The van der Waals surface area contributed by atoms with Crippen molar-refractivity contribution in [3.05, 3.63) is 87.4 Å². The van der Waals surface area contributed by atoms with Crippen LogP contribution in [-0.4, -0.2) is 5.91 Å². The summed E-state index contributed by atoms with van der Waals surface area (Å²) < 4.78 is 18.6. The van der Waals surface area contributed by atoms with Gasteiger partial charge in [-0.25, -0.2) is 4.39 Å². The summed E-state index contributed by atoms with van der Waals surface area (Å²) in [5.74, 6) is 0.376. The average Bonchev–Trinajstić information content (AvgIpc) is 3.10. The van der Waals surface area contributed by atoms with E-state index in [9.17, 15) is 9.18 Å². The largest absolute Gasteiger partial charge is 0.489 e. The highest BCUT2D eigenvalue weighted by Gasteiger charge is 2.09. The lowest BCUT2D eigenvalue weighted by Gasteiger charge is -2.05. The Morgan fingerprint density at radius 3 is 2.52 bits per heavy atom. The second-order valence-corrected chi connectivity index (χ2v) is 6.64. The van der Waals surface area contributed by atoms with Gasteiger partial charge in [-0.05, 0) is 48.2 Å². The lowest BCUT2D eigenvalue weighted by Crippen LogP contribution is -2.21. The number of halogens is 1. The standard InChI is InChI=1S/C20H18FNO2S/c1-14-2-8-18(9-3-14)24-12-16-10-19(25-13-16)20(23)22-11-15-4-6-17(21)7-5-15/h2-10,13H,11-12H2,1H3,(H,22,23). The van der Waals surface area contributed by atoms with Crippen LogP contribution in [0.15, 0.2) is 60.0 Å². The lowest BCUT2D eigenvalue weighted by molar-refractivity contribution is 0.0955. The second-order valence-electron chi connectivity index (χ2n) is 5.73. The van der Waals surface area contributed by atoms with E-state index in [-0.39, 0.29) is 11.7 Å². The predicted molar refractivity (Wildman–Crippen MR) is 97.4 cm³/mol. The zero-order valence-corrected chi connectivity index (χ0v) is 14.6. The summed E-state index contributed by atoms with van der Waals surface area (Å²) in [5, 5.41) is 4.75. The first-order chi connectivity index (χ1) is 12.1. The van der Waals surface area contributed by atoms with E-state index in [0.717, 1.165) is 16.9 Å². The number of carbonyl (C=O) groups excluding carboxylic acids is 1. The maximum atomic E-state index is 12.9. The third-order valence-electron chi connectivity index (χ3n) is 3.67. The van der Waals surface area contributed by atoms with E-state index in [2.05, 4.69) is 5.32 Å². The molecule has 0 fully saturated rings. The lowest BCUT2D eigenvalue weighted by atomic mass is 10.2. The number of thiophene rings is 1. The molecule has 25 heavy (non-hydrogen) atoms. The van der Waals surface area contributed by atoms with E-state index < -0.39 is 0 Å². The van der Waals surface area contributed by atoms with Crippen molar-refractivity contribution in [1.29, 1.82) is 0 Å². The van der Waals surface area contributed by atoms with Gasteiger partial charge in [0.2, 0.25) is 0 Å². The summed E-state index contributed by atoms with van der Waals surface area (Å²) in [4.78, 5) is 12.8. The van der Waals surface area contributed by atoms with Crippen LogP contribution < -0.4 is 10.1 Å². The minimum atomic E-state index is -0.286. The molecule has 1 N–H and O–H groups in total. The van der Waals surface area contributed by atoms with Crippen molar-refractivity contribution in [2.45, 2.75) is 20.1 Å². The number of benzene rings is 2. The molecule has 128 valence electrons. The molecule has 2 aromatic carbocycles. The van der Waals surface area contributed by atoms with Gasteiger partial charge in [0, 0.05) is 12.1 Å². The Labute approximate surface area is 150 Å². The number of hydrogen-bond acceptors (Lipinski definition) is 3. The molecule has 0 unspecified atom stereocenters. The first kappa shape index (κ1) is 17.2. The van der Waals surface area contributed by atoms with Crippen LogP contribution in [0.2, 0.25) is 0 Å². The Morgan fingerprint density at radius 2 is 1.80 bits per heavy atom. The van der Waals surface area contributed by atoms with Gasteiger partial charge in [-0.1, -0.05) is 29.8 Å². The molecule has 0 spiro atoms. The fourth-order valence-corrected chi connectivity index (χ4v) is 3.06. The average molecular weight is 355 g/mol. The van der Waals surface area contributed by atoms with Crippen LogP contribution >= 0.6 is 11.3 Å². The smallest absolute Gasteiger partial charge is 0.261 e. The first-order valence-electron chi connectivity index (χ1n) is 7.90. The monoisotopic (exact) mass is 355 g/mol. The molecular formula is C20H18FNO2S. The maximum Gasteiger partial charge on any atom is 0.261 e. The van der Waals surface area contributed by atoms with Gasteiger partial charge >= 0.3 is 0 Å². The van der Waals surface area contributed by atoms with Crippen molar-refractivity contribution in [3.63, 3.8) is 0 Å². The molecule has 0 saturated carbocycles. The molecule has 5 heteroatoms. The topological polar surface area (TPSA) is 38.3 Å². The minimum Gasteiger partial charge on any atom is -0.489 e. The second kappa shape index (κ2) is 7.94. The maximum absolute atomic E-state index is 12.9. The van der Waals surface area contributed by atoms with Crippen LogP contribution in [-0.2, 0) is 13.2 Å². The molecule has 1 heterocycles. The zero-order valence-electron chi connectivity index (χ0n) is 13.8. The zero-order chi connectivity index (χ0) is 17.6. The Hall–Kier alpha value is -2.66. The fourth-order valence-electron chi connectivity index (χ4n) is 2.24. The fraction of sp³-hybridized carbons (Fsp3) is 0.150. The first-order valence-corrected chi connectivity index (χ1v) is 8.77. The van der Waals surface area contributed by atoms with Crippen molar-refractivity contribution in [2.75, 3.05) is 0 Å². The molecule has 0 aliphatic heterocycles. The van der Waals surface area contributed by atoms with Crippen molar-refractivity contribution < 1.29 is 13.9 Å². The van der Waals surface area contributed by atoms with Gasteiger partial charge in [0.25, 0.3) is 5.91 Å². The van der Waals surface area contributed by atoms with E-state index in [1.54, 1.807) is 12.1 Å². The molecule has 3 rings (SSSR count). The Bertz CT molecular complexity index is 841. The van der Waals surface area contributed by atoms with Crippen molar-refractivity contribution in [2.24, 2.45) is 0 Å². The minimum absolute atomic E-state index is 0.143. The van der Waals surface area contributed by atoms with Gasteiger partial charge in [-0.15, -0.1) is 11.3 Å². The number of aryl methyl sites for hydroxylation is 1. The van der Waals surface area contributed by atoms with Crippen molar-refractivity contribution in [1.82, 2.24) is 5.32 Å². The SMILES string of the molecule is Cc1ccc(OCc2csc(C(=O)NCc3ccc(F)cc3)c2)cc1. The number of rotatable bonds is 6. The molecule has 0 bridgehead atoms. The van der Waals surface area contributed by atoms with Crippen LogP contribution in [0.4, 0.5) is 4.39 Å².